The van der Waals surface area contributed by atoms with Crippen molar-refractivity contribution >= 4 is 11.4 Å². The van der Waals surface area contributed by atoms with Gasteiger partial charge in [-0.05, 0) is 42.5 Å². The Bertz CT molecular complexity index is 1230. The van der Waals surface area contributed by atoms with Crippen LogP contribution < -0.4 is 0 Å². The van der Waals surface area contributed by atoms with Gasteiger partial charge < -0.3 is 8.98 Å². The molecule has 6 nitrogen and oxygen atoms in total. The van der Waals surface area contributed by atoms with Crippen LogP contribution in [0.4, 0.5) is 0 Å². The molecule has 0 unspecified atom stereocenters. The zero-order valence-electron chi connectivity index (χ0n) is 14.2. The summed E-state index contributed by atoms with van der Waals surface area (Å²) in [5.41, 5.74) is 3.79. The number of benzene rings is 1. The smallest absolute Gasteiger partial charge is 0.233 e. The van der Waals surface area contributed by atoms with Crippen LogP contribution in [0, 0.1) is 0 Å². The molecule has 0 saturated carbocycles. The molecule has 4 heterocycles. The lowest BCUT2D eigenvalue weighted by Gasteiger charge is -2.08. The molecule has 1 aromatic carbocycles. The monoisotopic (exact) mass is 354 g/mol. The largest absolute Gasteiger partial charge is 0.461 e. The Morgan fingerprint density at radius 3 is 2.70 bits per heavy atom. The molecule has 0 bridgehead atoms. The molecule has 0 aliphatic carbocycles. The van der Waals surface area contributed by atoms with E-state index >= 15 is 0 Å². The van der Waals surface area contributed by atoms with E-state index in [4.69, 9.17) is 4.42 Å². The lowest BCUT2D eigenvalue weighted by atomic mass is 10.1. The number of rotatable bonds is 4. The molecule has 0 fully saturated rings. The van der Waals surface area contributed by atoms with E-state index in [1.165, 1.54) is 12.5 Å². The Hall–Kier alpha value is -3.93. The molecule has 130 valence electrons. The maximum Gasteiger partial charge on any atom is 0.233 e. The predicted molar refractivity (Wildman–Crippen MR) is 99.9 cm³/mol. The number of ketones is 1. The fourth-order valence-corrected chi connectivity index (χ4v) is 3.14. The van der Waals surface area contributed by atoms with Gasteiger partial charge in [0.05, 0.1) is 23.7 Å². The summed E-state index contributed by atoms with van der Waals surface area (Å²) in [6, 6.07) is 17.3. The first-order valence-electron chi connectivity index (χ1n) is 8.46. The number of fused-ring (bicyclic) bond motifs is 1. The summed E-state index contributed by atoms with van der Waals surface area (Å²) in [6.07, 6.45) is 8.69. The fraction of sp³-hybridized carbons (Fsp3) is 0. The van der Waals surface area contributed by atoms with Crippen molar-refractivity contribution in [1.82, 2.24) is 19.2 Å². The first kappa shape index (κ1) is 15.3. The second-order valence-corrected chi connectivity index (χ2v) is 6.07. The van der Waals surface area contributed by atoms with Crippen molar-refractivity contribution in [1.29, 1.82) is 0 Å². The zero-order chi connectivity index (χ0) is 18.2. The molecule has 27 heavy (non-hydrogen) atoms. The average molecular weight is 354 g/mol. The van der Waals surface area contributed by atoms with Crippen LogP contribution >= 0.6 is 0 Å². The molecule has 5 aromatic rings. The standard InChI is InChI=1S/C21H14N4O2/c26-20(19-7-4-12-27-19)17-14-23-25-18(8-9-22-21(17)25)15-5-3-6-16(13-15)24-10-1-2-11-24/h1-14H. The van der Waals surface area contributed by atoms with E-state index in [-0.39, 0.29) is 11.5 Å². The molecular formula is C21H14N4O2. The number of carbonyl (C=O) groups is 1. The first-order valence-corrected chi connectivity index (χ1v) is 8.46. The van der Waals surface area contributed by atoms with Crippen molar-refractivity contribution in [3.05, 3.63) is 97.0 Å². The second kappa shape index (κ2) is 6.10. The number of furan rings is 1. The van der Waals surface area contributed by atoms with E-state index < -0.39 is 0 Å². The third-order valence-electron chi connectivity index (χ3n) is 4.44. The highest BCUT2D eigenvalue weighted by atomic mass is 16.3. The maximum absolute atomic E-state index is 12.6. The number of nitrogens with zero attached hydrogens (tertiary/aromatic N) is 4. The number of hydrogen-bond acceptors (Lipinski definition) is 4. The molecule has 0 saturated heterocycles. The molecule has 4 aromatic heterocycles. The van der Waals surface area contributed by atoms with Gasteiger partial charge in [0.25, 0.3) is 0 Å². The third kappa shape index (κ3) is 2.55. The molecule has 0 amide bonds. The first-order chi connectivity index (χ1) is 13.3. The Morgan fingerprint density at radius 2 is 1.89 bits per heavy atom. The van der Waals surface area contributed by atoms with Crippen LogP contribution in [0.1, 0.15) is 16.1 Å². The summed E-state index contributed by atoms with van der Waals surface area (Å²) in [7, 11) is 0. The van der Waals surface area contributed by atoms with Crippen molar-refractivity contribution < 1.29 is 9.21 Å². The molecular weight excluding hydrogens is 340 g/mol. The molecule has 0 radical (unpaired) electrons. The lowest BCUT2D eigenvalue weighted by molar-refractivity contribution is 0.101. The molecule has 0 atom stereocenters. The quantitative estimate of drug-likeness (QED) is 0.457. The van der Waals surface area contributed by atoms with Crippen molar-refractivity contribution in [2.75, 3.05) is 0 Å². The van der Waals surface area contributed by atoms with Crippen LogP contribution in [-0.2, 0) is 0 Å². The van der Waals surface area contributed by atoms with Crippen molar-refractivity contribution in [3.8, 4) is 16.9 Å². The Balaban J connectivity index is 1.63. The van der Waals surface area contributed by atoms with Gasteiger partial charge in [0, 0.05) is 29.8 Å². The summed E-state index contributed by atoms with van der Waals surface area (Å²) >= 11 is 0. The van der Waals surface area contributed by atoms with Crippen LogP contribution in [0.3, 0.4) is 0 Å². The summed E-state index contributed by atoms with van der Waals surface area (Å²) in [5.74, 6) is 0.0347. The minimum Gasteiger partial charge on any atom is -0.461 e. The van der Waals surface area contributed by atoms with E-state index in [0.29, 0.717) is 11.2 Å². The van der Waals surface area contributed by atoms with E-state index in [9.17, 15) is 4.79 Å². The van der Waals surface area contributed by atoms with Gasteiger partial charge in [-0.3, -0.25) is 4.79 Å². The van der Waals surface area contributed by atoms with Crippen molar-refractivity contribution in [2.24, 2.45) is 0 Å². The number of aromatic nitrogens is 4. The minimum absolute atomic E-state index is 0.235. The van der Waals surface area contributed by atoms with Gasteiger partial charge in [-0.15, -0.1) is 0 Å². The third-order valence-corrected chi connectivity index (χ3v) is 4.44. The molecule has 5 rings (SSSR count). The highest BCUT2D eigenvalue weighted by Gasteiger charge is 2.19. The summed E-state index contributed by atoms with van der Waals surface area (Å²) in [4.78, 5) is 17.0. The zero-order valence-corrected chi connectivity index (χ0v) is 14.2. The Labute approximate surface area is 154 Å². The topological polar surface area (TPSA) is 65.3 Å². The SMILES string of the molecule is O=C(c1ccco1)c1cnn2c(-c3cccc(-n4cccc4)c3)ccnc12. The summed E-state index contributed by atoms with van der Waals surface area (Å²) in [5, 5.41) is 4.40. The van der Waals surface area contributed by atoms with Gasteiger partial charge in [0.15, 0.2) is 11.4 Å². The van der Waals surface area contributed by atoms with Gasteiger partial charge in [-0.25, -0.2) is 9.50 Å². The van der Waals surface area contributed by atoms with Crippen molar-refractivity contribution in [2.45, 2.75) is 0 Å². The van der Waals surface area contributed by atoms with Crippen molar-refractivity contribution in [3.63, 3.8) is 0 Å². The predicted octanol–water partition coefficient (Wildman–Crippen LogP) is 4.01. The summed E-state index contributed by atoms with van der Waals surface area (Å²) < 4.78 is 8.95. The molecule has 0 aliphatic rings. The Kier molecular flexibility index (Phi) is 3.47. The number of hydrogen-bond donors (Lipinski definition) is 0. The van der Waals surface area contributed by atoms with E-state index in [0.717, 1.165) is 16.9 Å². The normalized spacial score (nSPS) is 11.1. The highest BCUT2D eigenvalue weighted by molar-refractivity contribution is 6.10. The van der Waals surface area contributed by atoms with E-state index in [1.54, 1.807) is 22.8 Å². The molecule has 0 spiro atoms. The van der Waals surface area contributed by atoms with Gasteiger partial charge >= 0.3 is 0 Å². The van der Waals surface area contributed by atoms with Gasteiger partial charge in [0.2, 0.25) is 5.78 Å². The average Bonchev–Trinajstić information content (AvgIpc) is 3.49. The van der Waals surface area contributed by atoms with Crippen LogP contribution in [0.25, 0.3) is 22.6 Å². The van der Waals surface area contributed by atoms with Gasteiger partial charge in [-0.2, -0.15) is 5.10 Å². The molecule has 6 heteroatoms. The van der Waals surface area contributed by atoms with E-state index in [2.05, 4.69) is 16.1 Å². The van der Waals surface area contributed by atoms with Gasteiger partial charge in [-0.1, -0.05) is 12.1 Å². The lowest BCUT2D eigenvalue weighted by Crippen LogP contribution is -2.02. The van der Waals surface area contributed by atoms with Gasteiger partial charge in [0.1, 0.15) is 0 Å². The van der Waals surface area contributed by atoms with Crippen LogP contribution in [0.2, 0.25) is 0 Å². The van der Waals surface area contributed by atoms with E-state index in [1.807, 2.05) is 53.4 Å². The molecule has 0 N–H and O–H groups in total. The maximum atomic E-state index is 12.6. The highest BCUT2D eigenvalue weighted by Crippen LogP contribution is 2.24. The minimum atomic E-state index is -0.235. The van der Waals surface area contributed by atoms with Crippen LogP contribution in [0.5, 0.6) is 0 Å². The van der Waals surface area contributed by atoms with Crippen LogP contribution in [0.15, 0.2) is 90.1 Å². The summed E-state index contributed by atoms with van der Waals surface area (Å²) in [6.45, 7) is 0. The number of carbonyl (C=O) groups excluding carboxylic acids is 1. The van der Waals surface area contributed by atoms with Crippen LogP contribution in [-0.4, -0.2) is 24.9 Å². The molecule has 0 aliphatic heterocycles. The fourth-order valence-electron chi connectivity index (χ4n) is 3.14. The second-order valence-electron chi connectivity index (χ2n) is 6.07. The Morgan fingerprint density at radius 1 is 1.00 bits per heavy atom.